The van der Waals surface area contributed by atoms with E-state index in [1.54, 1.807) is 0 Å². The summed E-state index contributed by atoms with van der Waals surface area (Å²) in [7, 11) is 0. The molecule has 0 saturated carbocycles. The van der Waals surface area contributed by atoms with Crippen LogP contribution in [0, 0.1) is 17.5 Å². The van der Waals surface area contributed by atoms with Gasteiger partial charge in [0.1, 0.15) is 5.82 Å². The van der Waals surface area contributed by atoms with Gasteiger partial charge in [-0.1, -0.05) is 6.92 Å². The smallest absolute Gasteiger partial charge is 0.161 e. The zero-order valence-corrected chi connectivity index (χ0v) is 11.4. The third kappa shape index (κ3) is 3.13. The van der Waals surface area contributed by atoms with Gasteiger partial charge in [0, 0.05) is 31.3 Å². The highest BCUT2D eigenvalue weighted by Gasteiger charge is 2.28. The van der Waals surface area contributed by atoms with Crippen molar-refractivity contribution in [3.8, 4) is 0 Å². The van der Waals surface area contributed by atoms with E-state index in [1.807, 2.05) is 11.8 Å². The number of hydrogen-bond donors (Lipinski definition) is 1. The van der Waals surface area contributed by atoms with Gasteiger partial charge in [-0.2, -0.15) is 0 Å². The molecule has 2 unspecified atom stereocenters. The molecule has 0 spiro atoms. The van der Waals surface area contributed by atoms with Crippen LogP contribution in [-0.4, -0.2) is 37.2 Å². The molecule has 2 atom stereocenters. The van der Waals surface area contributed by atoms with Crippen LogP contribution >= 0.6 is 0 Å². The second kappa shape index (κ2) is 6.56. The van der Waals surface area contributed by atoms with Gasteiger partial charge in [-0.05, 0) is 12.5 Å². The van der Waals surface area contributed by atoms with Gasteiger partial charge >= 0.3 is 0 Å². The molecule has 1 aromatic carbocycles. The van der Waals surface area contributed by atoms with E-state index in [9.17, 15) is 13.2 Å². The normalized spacial score (nSPS) is 21.9. The third-order valence-corrected chi connectivity index (χ3v) is 3.69. The number of morpholine rings is 1. The van der Waals surface area contributed by atoms with Crippen LogP contribution in [0.1, 0.15) is 24.9 Å². The standard InChI is InChI=1S/C14H19F3N2O/c1-2-9-8-19(3-4-20-9)14(7-18)10-5-12(16)13(17)6-11(10)15/h5-6,9,14H,2-4,7-8,18H2,1H3. The predicted molar refractivity (Wildman–Crippen MR) is 69.7 cm³/mol. The maximum Gasteiger partial charge on any atom is 0.161 e. The number of rotatable bonds is 4. The Morgan fingerprint density at radius 3 is 2.65 bits per heavy atom. The second-order valence-electron chi connectivity index (χ2n) is 4.94. The maximum absolute atomic E-state index is 13.9. The Labute approximate surface area is 116 Å². The largest absolute Gasteiger partial charge is 0.376 e. The molecular formula is C14H19F3N2O. The fraction of sp³-hybridized carbons (Fsp3) is 0.571. The van der Waals surface area contributed by atoms with Crippen molar-refractivity contribution in [2.75, 3.05) is 26.2 Å². The molecule has 1 aliphatic heterocycles. The lowest BCUT2D eigenvalue weighted by Crippen LogP contribution is -2.46. The lowest BCUT2D eigenvalue weighted by Gasteiger charge is -2.38. The molecule has 0 aliphatic carbocycles. The number of nitrogens with two attached hydrogens (primary N) is 1. The van der Waals surface area contributed by atoms with Gasteiger partial charge < -0.3 is 10.5 Å². The number of hydrogen-bond acceptors (Lipinski definition) is 3. The summed E-state index contributed by atoms with van der Waals surface area (Å²) < 4.78 is 45.8. The Bertz CT molecular complexity index is 470. The van der Waals surface area contributed by atoms with Crippen molar-refractivity contribution in [3.05, 3.63) is 35.1 Å². The van der Waals surface area contributed by atoms with Crippen LogP contribution in [0.15, 0.2) is 12.1 Å². The summed E-state index contributed by atoms with van der Waals surface area (Å²) in [6.07, 6.45) is 0.903. The van der Waals surface area contributed by atoms with Gasteiger partial charge in [0.15, 0.2) is 11.6 Å². The first-order chi connectivity index (χ1) is 9.56. The van der Waals surface area contributed by atoms with E-state index >= 15 is 0 Å². The third-order valence-electron chi connectivity index (χ3n) is 3.69. The molecule has 0 amide bonds. The van der Waals surface area contributed by atoms with Crippen molar-refractivity contribution in [3.63, 3.8) is 0 Å². The molecule has 2 rings (SSSR count). The molecule has 0 radical (unpaired) electrons. The first-order valence-corrected chi connectivity index (χ1v) is 6.77. The van der Waals surface area contributed by atoms with E-state index in [2.05, 4.69) is 0 Å². The Balaban J connectivity index is 2.25. The summed E-state index contributed by atoms with van der Waals surface area (Å²) in [5.74, 6) is -3.01. The SMILES string of the molecule is CCC1CN(C(CN)c2cc(F)c(F)cc2F)CCO1. The number of nitrogens with zero attached hydrogens (tertiary/aromatic N) is 1. The quantitative estimate of drug-likeness (QED) is 0.863. The minimum atomic E-state index is -1.18. The summed E-state index contributed by atoms with van der Waals surface area (Å²) in [5, 5.41) is 0. The van der Waals surface area contributed by atoms with Crippen LogP contribution in [0.25, 0.3) is 0 Å². The topological polar surface area (TPSA) is 38.5 Å². The van der Waals surface area contributed by atoms with Crippen molar-refractivity contribution >= 4 is 0 Å². The molecule has 0 aromatic heterocycles. The van der Waals surface area contributed by atoms with E-state index in [-0.39, 0.29) is 18.2 Å². The van der Waals surface area contributed by atoms with Gasteiger partial charge in [-0.15, -0.1) is 0 Å². The van der Waals surface area contributed by atoms with Crippen molar-refractivity contribution in [2.24, 2.45) is 5.73 Å². The van der Waals surface area contributed by atoms with Gasteiger partial charge in [0.25, 0.3) is 0 Å². The maximum atomic E-state index is 13.9. The molecule has 1 saturated heterocycles. The number of benzene rings is 1. The van der Waals surface area contributed by atoms with Crippen LogP contribution in [-0.2, 0) is 4.74 Å². The summed E-state index contributed by atoms with van der Waals surface area (Å²) in [4.78, 5) is 1.97. The Morgan fingerprint density at radius 1 is 1.30 bits per heavy atom. The summed E-state index contributed by atoms with van der Waals surface area (Å²) in [6.45, 7) is 3.87. The van der Waals surface area contributed by atoms with Crippen molar-refractivity contribution < 1.29 is 17.9 Å². The summed E-state index contributed by atoms with van der Waals surface area (Å²) in [5.41, 5.74) is 5.81. The lowest BCUT2D eigenvalue weighted by atomic mass is 10.0. The molecule has 3 nitrogen and oxygen atoms in total. The molecule has 1 aromatic rings. The molecule has 6 heteroatoms. The van der Waals surface area contributed by atoms with Crippen molar-refractivity contribution in [2.45, 2.75) is 25.5 Å². The van der Waals surface area contributed by atoms with Gasteiger partial charge in [0.05, 0.1) is 18.8 Å². The van der Waals surface area contributed by atoms with E-state index in [0.717, 1.165) is 12.5 Å². The van der Waals surface area contributed by atoms with E-state index < -0.39 is 23.5 Å². The molecule has 20 heavy (non-hydrogen) atoms. The first-order valence-electron chi connectivity index (χ1n) is 6.77. The monoisotopic (exact) mass is 288 g/mol. The lowest BCUT2D eigenvalue weighted by molar-refractivity contribution is -0.0442. The molecule has 112 valence electrons. The summed E-state index contributed by atoms with van der Waals surface area (Å²) in [6, 6.07) is 1.01. The fourth-order valence-corrected chi connectivity index (χ4v) is 2.54. The fourth-order valence-electron chi connectivity index (χ4n) is 2.54. The van der Waals surface area contributed by atoms with Gasteiger partial charge in [-0.25, -0.2) is 13.2 Å². The van der Waals surface area contributed by atoms with Gasteiger partial charge in [0.2, 0.25) is 0 Å². The molecule has 1 fully saturated rings. The van der Waals surface area contributed by atoms with Crippen LogP contribution in [0.4, 0.5) is 13.2 Å². The number of ether oxygens (including phenoxy) is 1. The molecule has 1 aliphatic rings. The highest BCUT2D eigenvalue weighted by atomic mass is 19.2. The Morgan fingerprint density at radius 2 is 2.00 bits per heavy atom. The minimum Gasteiger partial charge on any atom is -0.376 e. The van der Waals surface area contributed by atoms with Gasteiger partial charge in [-0.3, -0.25) is 4.90 Å². The zero-order valence-electron chi connectivity index (χ0n) is 11.4. The van der Waals surface area contributed by atoms with E-state index in [0.29, 0.717) is 25.8 Å². The van der Waals surface area contributed by atoms with Crippen LogP contribution in [0.5, 0.6) is 0 Å². The van der Waals surface area contributed by atoms with Crippen LogP contribution in [0.3, 0.4) is 0 Å². The molecule has 1 heterocycles. The van der Waals surface area contributed by atoms with Crippen LogP contribution < -0.4 is 5.73 Å². The molecular weight excluding hydrogens is 269 g/mol. The van der Waals surface area contributed by atoms with E-state index in [4.69, 9.17) is 10.5 Å². The Hall–Kier alpha value is -1.11. The first kappa shape index (κ1) is 15.3. The highest BCUT2D eigenvalue weighted by Crippen LogP contribution is 2.26. The molecule has 2 N–H and O–H groups in total. The average Bonchev–Trinajstić information content (AvgIpc) is 2.45. The minimum absolute atomic E-state index is 0.0613. The second-order valence-corrected chi connectivity index (χ2v) is 4.94. The van der Waals surface area contributed by atoms with E-state index in [1.165, 1.54) is 0 Å². The van der Waals surface area contributed by atoms with Crippen molar-refractivity contribution in [1.29, 1.82) is 0 Å². The Kier molecular flexibility index (Phi) is 5.01. The zero-order chi connectivity index (χ0) is 14.7. The summed E-state index contributed by atoms with van der Waals surface area (Å²) >= 11 is 0. The predicted octanol–water partition coefficient (Wildman–Crippen LogP) is 2.21. The number of halogens is 3. The highest BCUT2D eigenvalue weighted by molar-refractivity contribution is 5.24. The average molecular weight is 288 g/mol. The van der Waals surface area contributed by atoms with Crippen molar-refractivity contribution in [1.82, 2.24) is 4.90 Å². The van der Waals surface area contributed by atoms with Crippen LogP contribution in [0.2, 0.25) is 0 Å². The molecule has 0 bridgehead atoms.